The van der Waals surface area contributed by atoms with Crippen LogP contribution in [-0.2, 0) is 26.2 Å². The molecule has 1 saturated heterocycles. The van der Waals surface area contributed by atoms with Gasteiger partial charge in [-0.3, -0.25) is 4.79 Å². The lowest BCUT2D eigenvalue weighted by Gasteiger charge is -2.28. The Labute approximate surface area is 172 Å². The predicted octanol–water partition coefficient (Wildman–Crippen LogP) is 1.81. The van der Waals surface area contributed by atoms with Crippen molar-refractivity contribution in [2.24, 2.45) is 0 Å². The molecule has 0 aliphatic carbocycles. The van der Waals surface area contributed by atoms with Gasteiger partial charge in [-0.25, -0.2) is 26.8 Å². The standard InChI is InChI=1S/C16H18ClN3O5S3/c1-2-28(24,25)16-18-8-13(17)14(19-16)15(21)20(9-12-4-3-6-26-12)11-5-7-27(22,23)10-11/h3-4,6,8,11H,2,5,7,9-10H2,1H3/t11-/m0/s1. The maximum atomic E-state index is 13.2. The molecule has 0 N–H and O–H groups in total. The molecule has 1 aliphatic rings. The number of rotatable bonds is 6. The fourth-order valence-corrected chi connectivity index (χ4v) is 6.18. The Morgan fingerprint density at radius 3 is 2.75 bits per heavy atom. The Kier molecular flexibility index (Phi) is 6.08. The molecule has 152 valence electrons. The van der Waals surface area contributed by atoms with Crippen molar-refractivity contribution in [2.45, 2.75) is 31.1 Å². The van der Waals surface area contributed by atoms with Gasteiger partial charge in [-0.15, -0.1) is 11.3 Å². The highest BCUT2D eigenvalue weighted by molar-refractivity contribution is 7.91. The molecule has 3 rings (SSSR count). The Hall–Kier alpha value is -1.56. The summed E-state index contributed by atoms with van der Waals surface area (Å²) in [5.74, 6) is -0.983. The highest BCUT2D eigenvalue weighted by Gasteiger charge is 2.36. The minimum absolute atomic E-state index is 0.00113. The molecule has 3 heterocycles. The first kappa shape index (κ1) is 21.2. The minimum Gasteiger partial charge on any atom is -0.328 e. The fourth-order valence-electron chi connectivity index (χ4n) is 2.87. The number of halogens is 1. The molecule has 2 aromatic rings. The Morgan fingerprint density at radius 1 is 1.43 bits per heavy atom. The van der Waals surface area contributed by atoms with Crippen LogP contribution in [0.3, 0.4) is 0 Å². The molecule has 28 heavy (non-hydrogen) atoms. The van der Waals surface area contributed by atoms with Crippen molar-refractivity contribution >= 4 is 48.5 Å². The number of amides is 1. The molecule has 0 aromatic carbocycles. The van der Waals surface area contributed by atoms with Gasteiger partial charge in [0.15, 0.2) is 15.5 Å². The molecule has 0 bridgehead atoms. The van der Waals surface area contributed by atoms with Crippen molar-refractivity contribution in [1.29, 1.82) is 0 Å². The second kappa shape index (κ2) is 8.05. The summed E-state index contributed by atoms with van der Waals surface area (Å²) in [6.45, 7) is 1.63. The van der Waals surface area contributed by atoms with E-state index in [1.54, 1.807) is 0 Å². The van der Waals surface area contributed by atoms with Crippen molar-refractivity contribution < 1.29 is 21.6 Å². The summed E-state index contributed by atoms with van der Waals surface area (Å²) in [7, 11) is -6.96. The topological polar surface area (TPSA) is 114 Å². The second-order valence-electron chi connectivity index (χ2n) is 6.32. The van der Waals surface area contributed by atoms with Gasteiger partial charge in [0.1, 0.15) is 0 Å². The first-order chi connectivity index (χ1) is 13.1. The maximum Gasteiger partial charge on any atom is 0.274 e. The van der Waals surface area contributed by atoms with Crippen molar-refractivity contribution in [3.8, 4) is 0 Å². The highest BCUT2D eigenvalue weighted by Crippen LogP contribution is 2.25. The van der Waals surface area contributed by atoms with E-state index >= 15 is 0 Å². The number of hydrogen-bond acceptors (Lipinski definition) is 8. The van der Waals surface area contributed by atoms with Crippen LogP contribution >= 0.6 is 22.9 Å². The average Bonchev–Trinajstić information content (AvgIpc) is 3.28. The molecular weight excluding hydrogens is 446 g/mol. The summed E-state index contributed by atoms with van der Waals surface area (Å²) in [5, 5.41) is 1.29. The van der Waals surface area contributed by atoms with E-state index in [9.17, 15) is 21.6 Å². The van der Waals surface area contributed by atoms with Gasteiger partial charge in [0.05, 0.1) is 35.0 Å². The van der Waals surface area contributed by atoms with E-state index in [-0.39, 0.29) is 34.5 Å². The monoisotopic (exact) mass is 463 g/mol. The zero-order chi connectivity index (χ0) is 20.5. The number of nitrogens with zero attached hydrogens (tertiary/aromatic N) is 3. The van der Waals surface area contributed by atoms with Crippen LogP contribution in [0.1, 0.15) is 28.7 Å². The lowest BCUT2D eigenvalue weighted by Crippen LogP contribution is -2.41. The van der Waals surface area contributed by atoms with Gasteiger partial charge in [0.2, 0.25) is 15.0 Å². The van der Waals surface area contributed by atoms with Gasteiger partial charge >= 0.3 is 0 Å². The molecule has 2 aromatic heterocycles. The summed E-state index contributed by atoms with van der Waals surface area (Å²) in [6.07, 6.45) is 1.39. The van der Waals surface area contributed by atoms with Crippen LogP contribution in [0.15, 0.2) is 28.9 Å². The maximum absolute atomic E-state index is 13.2. The van der Waals surface area contributed by atoms with Gasteiger partial charge in [-0.1, -0.05) is 24.6 Å². The molecule has 1 atom stereocenters. The molecule has 1 aliphatic heterocycles. The summed E-state index contributed by atoms with van der Waals surface area (Å²) < 4.78 is 48.0. The summed E-state index contributed by atoms with van der Waals surface area (Å²) in [6, 6.07) is 3.14. The number of hydrogen-bond donors (Lipinski definition) is 0. The van der Waals surface area contributed by atoms with Crippen LogP contribution in [0.2, 0.25) is 5.02 Å². The molecule has 12 heteroatoms. The second-order valence-corrected chi connectivity index (χ2v) is 12.2. The van der Waals surface area contributed by atoms with Crippen LogP contribution in [0, 0.1) is 0 Å². The van der Waals surface area contributed by atoms with Crippen LogP contribution in [0.5, 0.6) is 0 Å². The van der Waals surface area contributed by atoms with Crippen molar-refractivity contribution in [3.05, 3.63) is 39.3 Å². The number of thiophene rings is 1. The van der Waals surface area contributed by atoms with E-state index < -0.39 is 36.8 Å². The molecule has 1 amide bonds. The van der Waals surface area contributed by atoms with Crippen molar-refractivity contribution in [1.82, 2.24) is 14.9 Å². The summed E-state index contributed by atoms with van der Waals surface area (Å²) in [5.41, 5.74) is -0.246. The predicted molar refractivity (Wildman–Crippen MR) is 106 cm³/mol. The largest absolute Gasteiger partial charge is 0.328 e. The van der Waals surface area contributed by atoms with Crippen LogP contribution < -0.4 is 0 Å². The number of carbonyl (C=O) groups excluding carboxylic acids is 1. The zero-order valence-electron chi connectivity index (χ0n) is 14.9. The number of aromatic nitrogens is 2. The third-order valence-corrected chi connectivity index (χ3v) is 8.80. The molecule has 0 unspecified atom stereocenters. The summed E-state index contributed by atoms with van der Waals surface area (Å²) >= 11 is 7.52. The summed E-state index contributed by atoms with van der Waals surface area (Å²) in [4.78, 5) is 23.1. The zero-order valence-corrected chi connectivity index (χ0v) is 18.1. The van der Waals surface area contributed by atoms with E-state index in [0.717, 1.165) is 11.1 Å². The van der Waals surface area contributed by atoms with Gasteiger partial charge in [-0.05, 0) is 17.9 Å². The molecular formula is C16H18ClN3O5S3. The van der Waals surface area contributed by atoms with Gasteiger partial charge in [0.25, 0.3) is 5.91 Å². The van der Waals surface area contributed by atoms with Gasteiger partial charge in [-0.2, -0.15) is 0 Å². The van der Waals surface area contributed by atoms with Crippen molar-refractivity contribution in [3.63, 3.8) is 0 Å². The van der Waals surface area contributed by atoms with Gasteiger partial charge in [0, 0.05) is 10.9 Å². The van der Waals surface area contributed by atoms with E-state index in [0.29, 0.717) is 6.42 Å². The molecule has 1 fully saturated rings. The average molecular weight is 464 g/mol. The van der Waals surface area contributed by atoms with Crippen LogP contribution in [0.25, 0.3) is 0 Å². The molecule has 0 saturated carbocycles. The van der Waals surface area contributed by atoms with E-state index in [1.807, 2.05) is 17.5 Å². The molecule has 0 radical (unpaired) electrons. The lowest BCUT2D eigenvalue weighted by molar-refractivity contribution is 0.0676. The van der Waals surface area contributed by atoms with Crippen molar-refractivity contribution in [2.75, 3.05) is 17.3 Å². The normalized spacial score (nSPS) is 18.9. The minimum atomic E-state index is -3.73. The van der Waals surface area contributed by atoms with Crippen LogP contribution in [-0.4, -0.2) is 60.9 Å². The number of carbonyl (C=O) groups is 1. The van der Waals surface area contributed by atoms with Gasteiger partial charge < -0.3 is 4.90 Å². The first-order valence-electron chi connectivity index (χ1n) is 8.42. The highest BCUT2D eigenvalue weighted by atomic mass is 35.5. The lowest BCUT2D eigenvalue weighted by atomic mass is 10.2. The number of sulfone groups is 2. The van der Waals surface area contributed by atoms with E-state index in [4.69, 9.17) is 11.6 Å². The third-order valence-electron chi connectivity index (χ3n) is 4.40. The quantitative estimate of drug-likeness (QED) is 0.600. The molecule has 8 nitrogen and oxygen atoms in total. The van der Waals surface area contributed by atoms with Crippen LogP contribution in [0.4, 0.5) is 0 Å². The SMILES string of the molecule is CCS(=O)(=O)c1ncc(Cl)c(C(=O)N(Cc2cccs2)[C@H]2CCS(=O)(=O)C2)n1. The smallest absolute Gasteiger partial charge is 0.274 e. The fraction of sp³-hybridized carbons (Fsp3) is 0.438. The Bertz CT molecular complexity index is 1080. The Morgan fingerprint density at radius 2 is 2.18 bits per heavy atom. The third kappa shape index (κ3) is 4.53. The van der Waals surface area contributed by atoms with E-state index in [2.05, 4.69) is 9.97 Å². The van der Waals surface area contributed by atoms with E-state index in [1.165, 1.54) is 23.2 Å². The first-order valence-corrected chi connectivity index (χ1v) is 13.1. The Balaban J connectivity index is 2.00. The molecule has 0 spiro atoms.